The summed E-state index contributed by atoms with van der Waals surface area (Å²) in [6.45, 7) is 1.44. The van der Waals surface area contributed by atoms with Crippen molar-refractivity contribution >= 4 is 11.6 Å². The third-order valence-corrected chi connectivity index (χ3v) is 3.07. The highest BCUT2D eigenvalue weighted by atomic mass is 35.5. The van der Waals surface area contributed by atoms with Crippen LogP contribution in [0.15, 0.2) is 30.3 Å². The SMILES string of the molecule is Clc1ccc(-c2cc(C3OCCCO3)[nH]n2)cc1. The molecule has 1 aromatic carbocycles. The molecule has 0 unspecified atom stereocenters. The Morgan fingerprint density at radius 3 is 2.61 bits per heavy atom. The van der Waals surface area contributed by atoms with E-state index < -0.39 is 0 Å². The molecule has 4 nitrogen and oxygen atoms in total. The van der Waals surface area contributed by atoms with Gasteiger partial charge in [0.2, 0.25) is 6.29 Å². The minimum atomic E-state index is -0.327. The number of hydrogen-bond donors (Lipinski definition) is 1. The van der Waals surface area contributed by atoms with Gasteiger partial charge in [-0.3, -0.25) is 5.10 Å². The van der Waals surface area contributed by atoms with Gasteiger partial charge in [-0.1, -0.05) is 23.7 Å². The zero-order valence-electron chi connectivity index (χ0n) is 9.73. The van der Waals surface area contributed by atoms with Crippen LogP contribution in [-0.4, -0.2) is 23.4 Å². The summed E-state index contributed by atoms with van der Waals surface area (Å²) in [5, 5.41) is 7.93. The van der Waals surface area contributed by atoms with Crippen molar-refractivity contribution in [3.63, 3.8) is 0 Å². The number of benzene rings is 1. The van der Waals surface area contributed by atoms with Crippen LogP contribution in [0.2, 0.25) is 5.02 Å². The van der Waals surface area contributed by atoms with Gasteiger partial charge in [0.1, 0.15) is 0 Å². The Bertz CT molecular complexity index is 518. The van der Waals surface area contributed by atoms with Crippen LogP contribution in [-0.2, 0) is 9.47 Å². The number of rotatable bonds is 2. The highest BCUT2D eigenvalue weighted by Gasteiger charge is 2.19. The van der Waals surface area contributed by atoms with Gasteiger partial charge >= 0.3 is 0 Å². The second-order valence-corrected chi connectivity index (χ2v) is 4.58. The number of halogens is 1. The van der Waals surface area contributed by atoms with Crippen molar-refractivity contribution in [1.82, 2.24) is 10.2 Å². The lowest BCUT2D eigenvalue weighted by Crippen LogP contribution is -2.17. The maximum atomic E-state index is 5.86. The predicted octanol–water partition coefficient (Wildman–Crippen LogP) is 3.17. The summed E-state index contributed by atoms with van der Waals surface area (Å²) in [5.74, 6) is 0. The van der Waals surface area contributed by atoms with Crippen LogP contribution < -0.4 is 0 Å². The smallest absolute Gasteiger partial charge is 0.200 e. The molecule has 1 N–H and O–H groups in total. The summed E-state index contributed by atoms with van der Waals surface area (Å²) < 4.78 is 11.0. The van der Waals surface area contributed by atoms with E-state index in [1.807, 2.05) is 30.3 Å². The van der Waals surface area contributed by atoms with Gasteiger partial charge in [0.05, 0.1) is 24.6 Å². The van der Waals surface area contributed by atoms with Crippen molar-refractivity contribution in [2.24, 2.45) is 0 Å². The Kier molecular flexibility index (Phi) is 3.32. The summed E-state index contributed by atoms with van der Waals surface area (Å²) in [7, 11) is 0. The molecule has 0 saturated carbocycles. The number of nitrogens with one attached hydrogen (secondary N) is 1. The van der Waals surface area contributed by atoms with Gasteiger partial charge < -0.3 is 9.47 Å². The molecule has 1 saturated heterocycles. The van der Waals surface area contributed by atoms with Gasteiger partial charge in [0, 0.05) is 10.6 Å². The van der Waals surface area contributed by atoms with Gasteiger partial charge in [0.25, 0.3) is 0 Å². The molecular formula is C13H13ClN2O2. The fourth-order valence-electron chi connectivity index (χ4n) is 1.89. The Balaban J connectivity index is 1.82. The molecule has 94 valence electrons. The van der Waals surface area contributed by atoms with Crippen LogP contribution in [0, 0.1) is 0 Å². The third-order valence-electron chi connectivity index (χ3n) is 2.82. The van der Waals surface area contributed by atoms with E-state index in [1.54, 1.807) is 0 Å². The van der Waals surface area contributed by atoms with Crippen molar-refractivity contribution in [2.45, 2.75) is 12.7 Å². The molecular weight excluding hydrogens is 252 g/mol. The van der Waals surface area contributed by atoms with Crippen LogP contribution >= 0.6 is 11.6 Å². The van der Waals surface area contributed by atoms with Crippen molar-refractivity contribution in [3.8, 4) is 11.3 Å². The molecule has 1 aliphatic heterocycles. The molecule has 18 heavy (non-hydrogen) atoms. The summed E-state index contributed by atoms with van der Waals surface area (Å²) >= 11 is 5.86. The second kappa shape index (κ2) is 5.10. The molecule has 1 fully saturated rings. The molecule has 0 amide bonds. The number of nitrogens with zero attached hydrogens (tertiary/aromatic N) is 1. The average Bonchev–Trinajstić information content (AvgIpc) is 2.90. The van der Waals surface area contributed by atoms with Crippen LogP contribution in [0.5, 0.6) is 0 Å². The molecule has 1 aliphatic rings. The predicted molar refractivity (Wildman–Crippen MR) is 68.3 cm³/mol. The molecule has 0 aliphatic carbocycles. The van der Waals surface area contributed by atoms with Gasteiger partial charge in [-0.2, -0.15) is 5.10 Å². The standard InChI is InChI=1S/C13H13ClN2O2/c14-10-4-2-9(3-5-10)11-8-12(16-15-11)13-17-6-1-7-18-13/h2-5,8,13H,1,6-7H2,(H,15,16). The molecule has 1 aromatic heterocycles. The maximum absolute atomic E-state index is 5.86. The first kappa shape index (κ1) is 11.7. The van der Waals surface area contributed by atoms with E-state index in [4.69, 9.17) is 21.1 Å². The molecule has 0 atom stereocenters. The van der Waals surface area contributed by atoms with Crippen LogP contribution in [0.4, 0.5) is 0 Å². The van der Waals surface area contributed by atoms with E-state index in [2.05, 4.69) is 10.2 Å². The first-order valence-corrected chi connectivity index (χ1v) is 6.25. The molecule has 0 radical (unpaired) electrons. The lowest BCUT2D eigenvalue weighted by molar-refractivity contribution is -0.185. The highest BCUT2D eigenvalue weighted by Crippen LogP contribution is 2.26. The topological polar surface area (TPSA) is 47.1 Å². The zero-order chi connectivity index (χ0) is 12.4. The molecule has 5 heteroatoms. The lowest BCUT2D eigenvalue weighted by atomic mass is 10.1. The van der Waals surface area contributed by atoms with Crippen LogP contribution in [0.3, 0.4) is 0 Å². The van der Waals surface area contributed by atoms with E-state index in [9.17, 15) is 0 Å². The lowest BCUT2D eigenvalue weighted by Gasteiger charge is -2.21. The minimum absolute atomic E-state index is 0.327. The van der Waals surface area contributed by atoms with Crippen LogP contribution in [0.1, 0.15) is 18.4 Å². The maximum Gasteiger partial charge on any atom is 0.200 e. The fourth-order valence-corrected chi connectivity index (χ4v) is 2.02. The first-order valence-electron chi connectivity index (χ1n) is 5.87. The monoisotopic (exact) mass is 264 g/mol. The van der Waals surface area contributed by atoms with Crippen molar-refractivity contribution in [1.29, 1.82) is 0 Å². The van der Waals surface area contributed by atoms with E-state index in [0.29, 0.717) is 5.02 Å². The Morgan fingerprint density at radius 2 is 1.89 bits per heavy atom. The summed E-state index contributed by atoms with van der Waals surface area (Å²) in [6, 6.07) is 9.51. The highest BCUT2D eigenvalue weighted by molar-refractivity contribution is 6.30. The second-order valence-electron chi connectivity index (χ2n) is 4.14. The van der Waals surface area contributed by atoms with E-state index >= 15 is 0 Å². The number of aromatic nitrogens is 2. The van der Waals surface area contributed by atoms with Gasteiger partial charge in [0.15, 0.2) is 0 Å². The van der Waals surface area contributed by atoms with Gasteiger partial charge in [-0.25, -0.2) is 0 Å². The third kappa shape index (κ3) is 2.41. The van der Waals surface area contributed by atoms with Crippen molar-refractivity contribution in [3.05, 3.63) is 41.0 Å². The first-order chi connectivity index (χ1) is 8.83. The Labute approximate surface area is 110 Å². The normalized spacial score (nSPS) is 16.9. The number of hydrogen-bond acceptors (Lipinski definition) is 3. The molecule has 3 rings (SSSR count). The van der Waals surface area contributed by atoms with Gasteiger partial charge in [-0.05, 0) is 24.6 Å². The van der Waals surface area contributed by atoms with Crippen LogP contribution in [0.25, 0.3) is 11.3 Å². The number of aromatic amines is 1. The van der Waals surface area contributed by atoms with E-state index in [1.165, 1.54) is 0 Å². The summed E-state index contributed by atoms with van der Waals surface area (Å²) in [5.41, 5.74) is 2.72. The Morgan fingerprint density at radius 1 is 1.17 bits per heavy atom. The molecule has 0 spiro atoms. The van der Waals surface area contributed by atoms with Gasteiger partial charge in [-0.15, -0.1) is 0 Å². The van der Waals surface area contributed by atoms with Crippen molar-refractivity contribution in [2.75, 3.05) is 13.2 Å². The molecule has 0 bridgehead atoms. The average molecular weight is 265 g/mol. The zero-order valence-corrected chi connectivity index (χ0v) is 10.5. The minimum Gasteiger partial charge on any atom is -0.347 e. The quantitative estimate of drug-likeness (QED) is 0.906. The number of H-pyrrole nitrogens is 1. The summed E-state index contributed by atoms with van der Waals surface area (Å²) in [4.78, 5) is 0. The molecule has 2 aromatic rings. The van der Waals surface area contributed by atoms with E-state index in [0.717, 1.165) is 36.6 Å². The van der Waals surface area contributed by atoms with Crippen molar-refractivity contribution < 1.29 is 9.47 Å². The largest absolute Gasteiger partial charge is 0.347 e. The Hall–Kier alpha value is -1.36. The number of ether oxygens (including phenoxy) is 2. The molecule has 2 heterocycles. The van der Waals surface area contributed by atoms with E-state index in [-0.39, 0.29) is 6.29 Å². The fraction of sp³-hybridized carbons (Fsp3) is 0.308. The summed E-state index contributed by atoms with van der Waals surface area (Å²) in [6.07, 6.45) is 0.613.